The molecule has 0 radical (unpaired) electrons. The third-order valence-electron chi connectivity index (χ3n) is 2.13. The number of anilines is 1. The molecule has 1 aromatic heterocycles. The second-order valence-corrected chi connectivity index (χ2v) is 3.82. The van der Waals surface area contributed by atoms with Crippen LogP contribution in [0.15, 0.2) is 51.2 Å². The van der Waals surface area contributed by atoms with Crippen molar-refractivity contribution in [2.75, 3.05) is 5.32 Å². The summed E-state index contributed by atoms with van der Waals surface area (Å²) in [6.45, 7) is 3.31. The first-order valence-corrected chi connectivity index (χ1v) is 5.14. The van der Waals surface area contributed by atoms with Crippen molar-refractivity contribution < 1.29 is 9.21 Å². The molecule has 0 atom stereocenters. The van der Waals surface area contributed by atoms with E-state index in [9.17, 15) is 9.59 Å². The van der Waals surface area contributed by atoms with Crippen molar-refractivity contribution in [1.82, 2.24) is 0 Å². The topological polar surface area (TPSA) is 59.3 Å². The SMILES string of the molecule is C=C(Cl)C(=O)Nc1ccc2ccc(=O)oc2c1. The molecule has 5 heteroatoms. The average Bonchev–Trinajstić information content (AvgIpc) is 2.28. The Morgan fingerprint density at radius 2 is 2.00 bits per heavy atom. The average molecular weight is 250 g/mol. The molecule has 2 rings (SSSR count). The summed E-state index contributed by atoms with van der Waals surface area (Å²) in [5, 5.41) is 3.18. The molecular weight excluding hydrogens is 242 g/mol. The van der Waals surface area contributed by atoms with Crippen LogP contribution in [0.4, 0.5) is 5.69 Å². The predicted molar refractivity (Wildman–Crippen MR) is 66.1 cm³/mol. The van der Waals surface area contributed by atoms with E-state index >= 15 is 0 Å². The first kappa shape index (κ1) is 11.4. The molecule has 1 aromatic carbocycles. The van der Waals surface area contributed by atoms with Gasteiger partial charge in [0, 0.05) is 23.2 Å². The van der Waals surface area contributed by atoms with Gasteiger partial charge in [-0.3, -0.25) is 4.79 Å². The fourth-order valence-corrected chi connectivity index (χ4v) is 1.38. The van der Waals surface area contributed by atoms with Crippen molar-refractivity contribution in [3.05, 3.63) is 52.4 Å². The third kappa shape index (κ3) is 2.54. The molecule has 4 nitrogen and oxygen atoms in total. The van der Waals surface area contributed by atoms with Gasteiger partial charge in [-0.25, -0.2) is 4.79 Å². The zero-order valence-electron chi connectivity index (χ0n) is 8.70. The Balaban J connectivity index is 2.40. The van der Waals surface area contributed by atoms with Crippen LogP contribution < -0.4 is 10.9 Å². The summed E-state index contributed by atoms with van der Waals surface area (Å²) in [7, 11) is 0. The molecule has 0 spiro atoms. The summed E-state index contributed by atoms with van der Waals surface area (Å²) >= 11 is 5.44. The lowest BCUT2D eigenvalue weighted by atomic mass is 10.2. The molecule has 0 unspecified atom stereocenters. The number of carbonyl (C=O) groups is 1. The van der Waals surface area contributed by atoms with Gasteiger partial charge < -0.3 is 9.73 Å². The van der Waals surface area contributed by atoms with Gasteiger partial charge in [-0.05, 0) is 18.2 Å². The second kappa shape index (κ2) is 4.43. The van der Waals surface area contributed by atoms with Crippen LogP contribution in [0.5, 0.6) is 0 Å². The van der Waals surface area contributed by atoms with Gasteiger partial charge in [0.1, 0.15) is 5.58 Å². The third-order valence-corrected chi connectivity index (χ3v) is 2.30. The highest BCUT2D eigenvalue weighted by atomic mass is 35.5. The van der Waals surface area contributed by atoms with Crippen LogP contribution in [-0.2, 0) is 4.79 Å². The van der Waals surface area contributed by atoms with Crippen molar-refractivity contribution in [2.45, 2.75) is 0 Å². The van der Waals surface area contributed by atoms with E-state index in [1.54, 1.807) is 24.3 Å². The van der Waals surface area contributed by atoms with E-state index in [0.29, 0.717) is 11.3 Å². The van der Waals surface area contributed by atoms with Gasteiger partial charge in [-0.1, -0.05) is 18.2 Å². The van der Waals surface area contributed by atoms with Crippen molar-refractivity contribution in [3.63, 3.8) is 0 Å². The van der Waals surface area contributed by atoms with E-state index in [0.717, 1.165) is 5.39 Å². The van der Waals surface area contributed by atoms with Crippen LogP contribution in [0.3, 0.4) is 0 Å². The Hall–Kier alpha value is -2.07. The normalized spacial score (nSPS) is 10.2. The monoisotopic (exact) mass is 249 g/mol. The van der Waals surface area contributed by atoms with E-state index in [4.69, 9.17) is 16.0 Å². The molecular formula is C12H8ClNO3. The van der Waals surface area contributed by atoms with Crippen LogP contribution in [0.25, 0.3) is 11.0 Å². The lowest BCUT2D eigenvalue weighted by molar-refractivity contribution is -0.112. The fraction of sp³-hybridized carbons (Fsp3) is 0. The molecule has 2 aromatic rings. The Morgan fingerprint density at radius 1 is 1.29 bits per heavy atom. The van der Waals surface area contributed by atoms with Crippen LogP contribution >= 0.6 is 11.6 Å². The minimum atomic E-state index is -0.496. The van der Waals surface area contributed by atoms with Crippen molar-refractivity contribution in [3.8, 4) is 0 Å². The molecule has 0 aliphatic rings. The minimum Gasteiger partial charge on any atom is -0.423 e. The smallest absolute Gasteiger partial charge is 0.336 e. The molecule has 0 aliphatic carbocycles. The van der Waals surface area contributed by atoms with Crippen LogP contribution in [0, 0.1) is 0 Å². The Kier molecular flexibility index (Phi) is 2.97. The number of nitrogens with one attached hydrogen (secondary N) is 1. The molecule has 0 bridgehead atoms. The zero-order chi connectivity index (χ0) is 12.4. The van der Waals surface area contributed by atoms with Crippen LogP contribution in [0.1, 0.15) is 0 Å². The zero-order valence-corrected chi connectivity index (χ0v) is 9.45. The number of hydrogen-bond acceptors (Lipinski definition) is 3. The molecule has 0 fully saturated rings. The highest BCUT2D eigenvalue weighted by Crippen LogP contribution is 2.18. The quantitative estimate of drug-likeness (QED) is 0.657. The standard InChI is InChI=1S/C12H8ClNO3/c1-7(13)12(16)14-9-4-2-8-3-5-11(15)17-10(8)6-9/h2-6H,1H2,(H,14,16). The summed E-state index contributed by atoms with van der Waals surface area (Å²) in [4.78, 5) is 22.3. The highest BCUT2D eigenvalue weighted by molar-refractivity contribution is 6.43. The van der Waals surface area contributed by atoms with E-state index in [-0.39, 0.29) is 5.03 Å². The Morgan fingerprint density at radius 3 is 2.71 bits per heavy atom. The summed E-state index contributed by atoms with van der Waals surface area (Å²) in [6, 6.07) is 7.94. The number of carbonyl (C=O) groups excluding carboxylic acids is 1. The first-order chi connectivity index (χ1) is 8.06. The van der Waals surface area contributed by atoms with Gasteiger partial charge in [-0.15, -0.1) is 0 Å². The maximum absolute atomic E-state index is 11.3. The van der Waals surface area contributed by atoms with Gasteiger partial charge in [0.15, 0.2) is 0 Å². The molecule has 17 heavy (non-hydrogen) atoms. The Labute approximate surface area is 101 Å². The van der Waals surface area contributed by atoms with Crippen LogP contribution in [-0.4, -0.2) is 5.91 Å². The van der Waals surface area contributed by atoms with Crippen molar-refractivity contribution >= 4 is 34.2 Å². The van der Waals surface area contributed by atoms with Gasteiger partial charge in [0.05, 0.1) is 5.03 Å². The second-order valence-electron chi connectivity index (χ2n) is 3.37. The molecule has 0 saturated heterocycles. The number of benzene rings is 1. The lowest BCUT2D eigenvalue weighted by Crippen LogP contribution is -2.10. The van der Waals surface area contributed by atoms with Gasteiger partial charge in [-0.2, -0.15) is 0 Å². The first-order valence-electron chi connectivity index (χ1n) is 4.76. The summed E-state index contributed by atoms with van der Waals surface area (Å²) < 4.78 is 4.98. The number of amides is 1. The molecule has 86 valence electrons. The predicted octanol–water partition coefficient (Wildman–Crippen LogP) is 2.48. The van der Waals surface area contributed by atoms with E-state index in [1.165, 1.54) is 6.07 Å². The number of hydrogen-bond donors (Lipinski definition) is 1. The largest absolute Gasteiger partial charge is 0.423 e. The molecule has 0 aliphatic heterocycles. The van der Waals surface area contributed by atoms with E-state index in [1.807, 2.05) is 0 Å². The molecule has 1 heterocycles. The van der Waals surface area contributed by atoms with Crippen molar-refractivity contribution in [1.29, 1.82) is 0 Å². The van der Waals surface area contributed by atoms with E-state index < -0.39 is 11.5 Å². The van der Waals surface area contributed by atoms with Crippen LogP contribution in [0.2, 0.25) is 0 Å². The number of halogens is 1. The van der Waals surface area contributed by atoms with Gasteiger partial charge >= 0.3 is 5.63 Å². The maximum atomic E-state index is 11.3. The summed E-state index contributed by atoms with van der Waals surface area (Å²) in [5.74, 6) is -0.496. The Bertz CT molecular complexity index is 660. The summed E-state index contributed by atoms with van der Waals surface area (Å²) in [6.07, 6.45) is 0. The van der Waals surface area contributed by atoms with Crippen molar-refractivity contribution in [2.24, 2.45) is 0 Å². The van der Waals surface area contributed by atoms with Gasteiger partial charge in [0.2, 0.25) is 0 Å². The number of rotatable bonds is 2. The fourth-order valence-electron chi connectivity index (χ4n) is 1.34. The molecule has 1 amide bonds. The van der Waals surface area contributed by atoms with E-state index in [2.05, 4.69) is 11.9 Å². The highest BCUT2D eigenvalue weighted by Gasteiger charge is 2.05. The minimum absolute atomic E-state index is 0.111. The number of fused-ring (bicyclic) bond motifs is 1. The van der Waals surface area contributed by atoms with Gasteiger partial charge in [0.25, 0.3) is 5.91 Å². The maximum Gasteiger partial charge on any atom is 0.336 e. The summed E-state index contributed by atoms with van der Waals surface area (Å²) in [5.41, 5.74) is 0.442. The lowest BCUT2D eigenvalue weighted by Gasteiger charge is -2.04. The molecule has 0 saturated carbocycles. The molecule has 1 N–H and O–H groups in total.